The molecule has 2 heterocycles. The molecule has 10 heteroatoms. The summed E-state index contributed by atoms with van der Waals surface area (Å²) in [4.78, 5) is 30.4. The van der Waals surface area contributed by atoms with Gasteiger partial charge in [-0.05, 0) is 19.1 Å². The second-order valence-corrected chi connectivity index (χ2v) is 8.77. The van der Waals surface area contributed by atoms with Gasteiger partial charge in [-0.3, -0.25) is 9.59 Å². The summed E-state index contributed by atoms with van der Waals surface area (Å²) in [6.07, 6.45) is 0. The number of hydrogen-bond acceptors (Lipinski definition) is 7. The van der Waals surface area contributed by atoms with E-state index in [1.807, 2.05) is 31.2 Å². The molecule has 1 aliphatic rings. The lowest BCUT2D eigenvalue weighted by atomic mass is 10.1. The van der Waals surface area contributed by atoms with Gasteiger partial charge in [0.25, 0.3) is 15.9 Å². The number of fused-ring (bicyclic) bond motifs is 1. The third-order valence-electron chi connectivity index (χ3n) is 4.77. The SMILES string of the molecule is Cc1ccc(-c2noc(CN(C)C(=O)CN3C(=O)c4ccccc4S3(=O)=O)n2)cc1. The van der Waals surface area contributed by atoms with Crippen LogP contribution >= 0.6 is 0 Å². The quantitative estimate of drug-likeness (QED) is 0.612. The summed E-state index contributed by atoms with van der Waals surface area (Å²) in [6, 6.07) is 13.4. The van der Waals surface area contributed by atoms with E-state index >= 15 is 0 Å². The number of carbonyl (C=O) groups excluding carboxylic acids is 2. The van der Waals surface area contributed by atoms with Crippen LogP contribution in [0.1, 0.15) is 21.8 Å². The van der Waals surface area contributed by atoms with Crippen LogP contribution in [0.15, 0.2) is 57.9 Å². The Morgan fingerprint density at radius 2 is 1.83 bits per heavy atom. The van der Waals surface area contributed by atoms with Gasteiger partial charge in [0.2, 0.25) is 17.6 Å². The van der Waals surface area contributed by atoms with E-state index in [2.05, 4.69) is 10.1 Å². The Labute approximate surface area is 173 Å². The minimum Gasteiger partial charge on any atom is -0.337 e. The average molecular weight is 426 g/mol. The lowest BCUT2D eigenvalue weighted by molar-refractivity contribution is -0.130. The van der Waals surface area contributed by atoms with E-state index in [1.165, 1.54) is 30.1 Å². The maximum Gasteiger partial charge on any atom is 0.269 e. The van der Waals surface area contributed by atoms with Crippen LogP contribution in [-0.4, -0.2) is 53.2 Å². The van der Waals surface area contributed by atoms with Crippen LogP contribution in [0.5, 0.6) is 0 Å². The molecular weight excluding hydrogens is 408 g/mol. The van der Waals surface area contributed by atoms with Crippen LogP contribution in [0.4, 0.5) is 0 Å². The summed E-state index contributed by atoms with van der Waals surface area (Å²) in [5, 5.41) is 3.91. The monoisotopic (exact) mass is 426 g/mol. The standard InChI is InChI=1S/C20H18N4O5S/c1-13-7-9-14(10-8-13)19-21-17(29-22-19)11-23(2)18(25)12-24-20(26)15-5-3-4-6-16(15)30(24,27)28/h3-10H,11-12H2,1-2H3. The van der Waals surface area contributed by atoms with Crippen molar-refractivity contribution in [2.75, 3.05) is 13.6 Å². The van der Waals surface area contributed by atoms with Gasteiger partial charge in [-0.25, -0.2) is 12.7 Å². The number of benzene rings is 2. The first kappa shape index (κ1) is 19.8. The Morgan fingerprint density at radius 1 is 1.13 bits per heavy atom. The van der Waals surface area contributed by atoms with Gasteiger partial charge in [-0.1, -0.05) is 47.1 Å². The van der Waals surface area contributed by atoms with Crippen molar-refractivity contribution in [2.24, 2.45) is 0 Å². The third-order valence-corrected chi connectivity index (χ3v) is 6.55. The fourth-order valence-corrected chi connectivity index (χ4v) is 4.58. The molecule has 0 unspecified atom stereocenters. The molecule has 154 valence electrons. The van der Waals surface area contributed by atoms with Crippen molar-refractivity contribution in [1.29, 1.82) is 0 Å². The van der Waals surface area contributed by atoms with Crippen molar-refractivity contribution in [1.82, 2.24) is 19.3 Å². The molecule has 0 N–H and O–H groups in total. The lowest BCUT2D eigenvalue weighted by Gasteiger charge is -2.19. The number of sulfonamides is 1. The van der Waals surface area contributed by atoms with Crippen LogP contribution in [0.3, 0.4) is 0 Å². The minimum absolute atomic E-state index is 0.0211. The molecule has 0 saturated carbocycles. The van der Waals surface area contributed by atoms with E-state index in [0.29, 0.717) is 10.1 Å². The molecule has 3 aromatic rings. The maximum atomic E-state index is 12.6. The molecule has 1 aromatic heterocycles. The summed E-state index contributed by atoms with van der Waals surface area (Å²) < 4.78 is 31.0. The van der Waals surface area contributed by atoms with Crippen LogP contribution in [0.2, 0.25) is 0 Å². The van der Waals surface area contributed by atoms with Crippen molar-refractivity contribution in [2.45, 2.75) is 18.4 Å². The molecule has 4 rings (SSSR count). The predicted molar refractivity (Wildman–Crippen MR) is 106 cm³/mol. The third kappa shape index (κ3) is 3.45. The van der Waals surface area contributed by atoms with Gasteiger partial charge in [0.1, 0.15) is 11.4 Å². The summed E-state index contributed by atoms with van der Waals surface area (Å²) in [7, 11) is -2.58. The summed E-state index contributed by atoms with van der Waals surface area (Å²) in [5.41, 5.74) is 1.94. The molecule has 0 bridgehead atoms. The Morgan fingerprint density at radius 3 is 2.53 bits per heavy atom. The highest BCUT2D eigenvalue weighted by Gasteiger charge is 2.42. The predicted octanol–water partition coefficient (Wildman–Crippen LogP) is 1.85. The molecular formula is C20H18N4O5S. The van der Waals surface area contributed by atoms with Gasteiger partial charge in [-0.2, -0.15) is 4.98 Å². The van der Waals surface area contributed by atoms with E-state index in [9.17, 15) is 18.0 Å². The highest BCUT2D eigenvalue weighted by Crippen LogP contribution is 2.29. The molecule has 0 saturated heterocycles. The number of aromatic nitrogens is 2. The van der Waals surface area contributed by atoms with Crippen molar-refractivity contribution in [3.8, 4) is 11.4 Å². The largest absolute Gasteiger partial charge is 0.337 e. The Hall–Kier alpha value is -3.53. The van der Waals surface area contributed by atoms with Crippen molar-refractivity contribution >= 4 is 21.8 Å². The summed E-state index contributed by atoms with van der Waals surface area (Å²) in [5.74, 6) is -0.708. The number of hydrogen-bond donors (Lipinski definition) is 0. The highest BCUT2D eigenvalue weighted by molar-refractivity contribution is 7.90. The van der Waals surface area contributed by atoms with E-state index in [4.69, 9.17) is 4.52 Å². The normalized spacial score (nSPS) is 14.6. The second kappa shape index (κ2) is 7.38. The molecule has 0 atom stereocenters. The van der Waals surface area contributed by atoms with Crippen LogP contribution in [0, 0.1) is 6.92 Å². The molecule has 0 fully saturated rings. The summed E-state index contributed by atoms with van der Waals surface area (Å²) in [6.45, 7) is 1.34. The highest BCUT2D eigenvalue weighted by atomic mass is 32.2. The van der Waals surface area contributed by atoms with Crippen LogP contribution in [0.25, 0.3) is 11.4 Å². The first-order valence-electron chi connectivity index (χ1n) is 9.07. The van der Waals surface area contributed by atoms with Gasteiger partial charge >= 0.3 is 0 Å². The average Bonchev–Trinajstić information content (AvgIpc) is 3.26. The van der Waals surface area contributed by atoms with Gasteiger partial charge in [0.05, 0.1) is 12.1 Å². The molecule has 30 heavy (non-hydrogen) atoms. The van der Waals surface area contributed by atoms with E-state index in [0.717, 1.165) is 11.1 Å². The molecule has 2 amide bonds. The topological polar surface area (TPSA) is 114 Å². The molecule has 0 radical (unpaired) electrons. The molecule has 2 aromatic carbocycles. The van der Waals surface area contributed by atoms with Crippen molar-refractivity contribution in [3.05, 3.63) is 65.5 Å². The summed E-state index contributed by atoms with van der Waals surface area (Å²) >= 11 is 0. The van der Waals surface area contributed by atoms with E-state index < -0.39 is 28.4 Å². The zero-order valence-electron chi connectivity index (χ0n) is 16.3. The van der Waals surface area contributed by atoms with Crippen molar-refractivity contribution < 1.29 is 22.5 Å². The Balaban J connectivity index is 1.45. The molecule has 1 aliphatic heterocycles. The lowest BCUT2D eigenvalue weighted by Crippen LogP contribution is -2.41. The Bertz CT molecular complexity index is 1230. The van der Waals surface area contributed by atoms with Crippen molar-refractivity contribution in [3.63, 3.8) is 0 Å². The van der Waals surface area contributed by atoms with Crippen LogP contribution < -0.4 is 0 Å². The van der Waals surface area contributed by atoms with Gasteiger partial charge < -0.3 is 9.42 Å². The molecule has 0 spiro atoms. The smallest absolute Gasteiger partial charge is 0.269 e. The van der Waals surface area contributed by atoms with E-state index in [1.54, 1.807) is 6.07 Å². The van der Waals surface area contributed by atoms with Crippen LogP contribution in [-0.2, 0) is 21.4 Å². The minimum atomic E-state index is -4.05. The number of likely N-dealkylation sites (N-methyl/N-ethyl adjacent to an activating group) is 1. The van der Waals surface area contributed by atoms with E-state index in [-0.39, 0.29) is 22.9 Å². The number of amides is 2. The zero-order valence-corrected chi connectivity index (χ0v) is 17.1. The second-order valence-electron chi connectivity index (χ2n) is 6.94. The molecule has 9 nitrogen and oxygen atoms in total. The fourth-order valence-electron chi connectivity index (χ4n) is 3.06. The number of aryl methyl sites for hydroxylation is 1. The maximum absolute atomic E-state index is 12.6. The Kier molecular flexibility index (Phi) is 4.86. The zero-order chi connectivity index (χ0) is 21.5. The number of carbonyl (C=O) groups is 2. The number of nitrogens with zero attached hydrogens (tertiary/aromatic N) is 4. The fraction of sp³-hybridized carbons (Fsp3) is 0.200. The first-order valence-corrected chi connectivity index (χ1v) is 10.5. The number of rotatable bonds is 5. The van der Waals surface area contributed by atoms with Gasteiger partial charge in [-0.15, -0.1) is 0 Å². The first-order chi connectivity index (χ1) is 14.3. The van der Waals surface area contributed by atoms with Gasteiger partial charge in [0.15, 0.2) is 0 Å². The molecule has 0 aliphatic carbocycles. The van der Waals surface area contributed by atoms with Gasteiger partial charge in [0, 0.05) is 12.6 Å².